The number of nitrogens with zero attached hydrogens (tertiary/aromatic N) is 2. The van der Waals surface area contributed by atoms with Crippen LogP contribution in [0.15, 0.2) is 59.3 Å². The first-order valence-corrected chi connectivity index (χ1v) is 9.67. The van der Waals surface area contributed by atoms with Gasteiger partial charge in [0, 0.05) is 36.8 Å². The van der Waals surface area contributed by atoms with Crippen molar-refractivity contribution in [3.63, 3.8) is 0 Å². The lowest BCUT2D eigenvalue weighted by Gasteiger charge is -2.20. The van der Waals surface area contributed by atoms with E-state index in [-0.39, 0.29) is 11.8 Å². The number of carbonyl (C=O) groups is 2. The quantitative estimate of drug-likeness (QED) is 0.744. The Kier molecular flexibility index (Phi) is 4.11. The summed E-state index contributed by atoms with van der Waals surface area (Å²) in [6.07, 6.45) is 4.23. The summed E-state index contributed by atoms with van der Waals surface area (Å²) >= 11 is 0. The summed E-state index contributed by atoms with van der Waals surface area (Å²) in [6.45, 7) is 2.28. The third-order valence-electron chi connectivity index (χ3n) is 5.99. The monoisotopic (exact) mass is 375 g/mol. The Morgan fingerprint density at radius 1 is 1.14 bits per heavy atom. The topological polar surface area (TPSA) is 75.4 Å². The predicted molar refractivity (Wildman–Crippen MR) is 104 cm³/mol. The number of rotatable bonds is 5. The van der Waals surface area contributed by atoms with E-state index in [1.807, 2.05) is 41.3 Å². The number of pyridine rings is 1. The molecule has 0 spiro atoms. The van der Waals surface area contributed by atoms with E-state index in [9.17, 15) is 9.59 Å². The van der Waals surface area contributed by atoms with Gasteiger partial charge in [0.2, 0.25) is 0 Å². The maximum absolute atomic E-state index is 12.5. The van der Waals surface area contributed by atoms with Crippen molar-refractivity contribution in [3.05, 3.63) is 66.2 Å². The SMILES string of the molecule is O=C(NCCC1[C@H]2CN(C(=O)c3ccccc3)C[C@@H]12)c1cc2ccncc2o1. The van der Waals surface area contributed by atoms with Crippen molar-refractivity contribution >= 4 is 22.8 Å². The molecule has 1 aliphatic heterocycles. The van der Waals surface area contributed by atoms with Crippen molar-refractivity contribution in [2.45, 2.75) is 6.42 Å². The van der Waals surface area contributed by atoms with E-state index in [0.29, 0.717) is 35.6 Å². The largest absolute Gasteiger partial charge is 0.449 e. The van der Waals surface area contributed by atoms with E-state index in [4.69, 9.17) is 4.42 Å². The molecule has 6 heteroatoms. The molecule has 2 aromatic heterocycles. The number of amides is 2. The molecule has 28 heavy (non-hydrogen) atoms. The Morgan fingerprint density at radius 2 is 1.93 bits per heavy atom. The van der Waals surface area contributed by atoms with Crippen LogP contribution in [0.4, 0.5) is 0 Å². The van der Waals surface area contributed by atoms with Gasteiger partial charge in [-0.2, -0.15) is 0 Å². The third-order valence-corrected chi connectivity index (χ3v) is 5.99. The van der Waals surface area contributed by atoms with Gasteiger partial charge < -0.3 is 14.6 Å². The number of furan rings is 1. The highest BCUT2D eigenvalue weighted by Gasteiger charge is 2.55. The molecule has 0 bridgehead atoms. The highest BCUT2D eigenvalue weighted by atomic mass is 16.3. The highest BCUT2D eigenvalue weighted by molar-refractivity contribution is 5.96. The number of hydrogen-bond donors (Lipinski definition) is 1. The van der Waals surface area contributed by atoms with Gasteiger partial charge in [-0.15, -0.1) is 0 Å². The molecule has 1 saturated heterocycles. The van der Waals surface area contributed by atoms with E-state index in [0.717, 1.165) is 30.5 Å². The van der Waals surface area contributed by atoms with Crippen LogP contribution >= 0.6 is 0 Å². The second-order valence-electron chi connectivity index (χ2n) is 7.64. The van der Waals surface area contributed by atoms with Crippen LogP contribution in [0.3, 0.4) is 0 Å². The molecule has 6 nitrogen and oxygen atoms in total. The zero-order chi connectivity index (χ0) is 19.1. The van der Waals surface area contributed by atoms with Gasteiger partial charge in [-0.25, -0.2) is 0 Å². The van der Waals surface area contributed by atoms with Crippen LogP contribution in [0.2, 0.25) is 0 Å². The lowest BCUT2D eigenvalue weighted by molar-refractivity contribution is 0.0767. The zero-order valence-electron chi connectivity index (χ0n) is 15.4. The molecular formula is C22H21N3O3. The molecule has 142 valence electrons. The van der Waals surface area contributed by atoms with Gasteiger partial charge in [0.15, 0.2) is 11.3 Å². The lowest BCUT2D eigenvalue weighted by atomic mass is 10.1. The second kappa shape index (κ2) is 6.78. The highest BCUT2D eigenvalue weighted by Crippen LogP contribution is 2.53. The van der Waals surface area contributed by atoms with Crippen molar-refractivity contribution in [1.29, 1.82) is 0 Å². The lowest BCUT2D eigenvalue weighted by Crippen LogP contribution is -2.32. The second-order valence-corrected chi connectivity index (χ2v) is 7.64. The smallest absolute Gasteiger partial charge is 0.287 e. The Morgan fingerprint density at radius 3 is 2.68 bits per heavy atom. The van der Waals surface area contributed by atoms with E-state index < -0.39 is 0 Å². The van der Waals surface area contributed by atoms with Gasteiger partial charge in [0.05, 0.1) is 6.20 Å². The van der Waals surface area contributed by atoms with E-state index in [2.05, 4.69) is 10.3 Å². The Labute approximate surface area is 162 Å². The van der Waals surface area contributed by atoms with Crippen LogP contribution in [0, 0.1) is 17.8 Å². The first kappa shape index (κ1) is 17.0. The predicted octanol–water partition coefficient (Wildman–Crippen LogP) is 2.97. The van der Waals surface area contributed by atoms with Crippen molar-refractivity contribution in [1.82, 2.24) is 15.2 Å². The fraction of sp³-hybridized carbons (Fsp3) is 0.318. The van der Waals surface area contributed by atoms with Crippen molar-refractivity contribution in [2.75, 3.05) is 19.6 Å². The van der Waals surface area contributed by atoms with Gasteiger partial charge in [-0.05, 0) is 48.4 Å². The molecule has 1 unspecified atom stereocenters. The normalized spacial score (nSPS) is 22.9. The fourth-order valence-electron chi connectivity index (χ4n) is 4.44. The average molecular weight is 375 g/mol. The van der Waals surface area contributed by atoms with Crippen molar-refractivity contribution in [3.8, 4) is 0 Å². The molecule has 3 aromatic rings. The van der Waals surface area contributed by atoms with E-state index in [1.54, 1.807) is 18.5 Å². The number of aromatic nitrogens is 1. The molecule has 3 heterocycles. The summed E-state index contributed by atoms with van der Waals surface area (Å²) in [5, 5.41) is 3.82. The minimum atomic E-state index is -0.192. The summed E-state index contributed by atoms with van der Waals surface area (Å²) in [6, 6.07) is 13.0. The molecule has 0 radical (unpaired) electrons. The van der Waals surface area contributed by atoms with Crippen molar-refractivity contribution in [2.24, 2.45) is 17.8 Å². The Bertz CT molecular complexity index is 985. The van der Waals surface area contributed by atoms with Gasteiger partial charge >= 0.3 is 0 Å². The average Bonchev–Trinajstić information content (AvgIpc) is 3.10. The summed E-state index contributed by atoms with van der Waals surface area (Å²) in [7, 11) is 0. The first-order valence-electron chi connectivity index (χ1n) is 9.67. The van der Waals surface area contributed by atoms with Gasteiger partial charge in [-0.1, -0.05) is 18.2 Å². The standard InChI is InChI=1S/C22H21N3O3/c26-21(19-10-15-6-8-23-11-20(15)28-19)24-9-7-16-17-12-25(13-18(16)17)22(27)14-4-2-1-3-5-14/h1-6,8,10-11,16-18H,7,9,12-13H2,(H,24,26)/t16?,17-,18+. The summed E-state index contributed by atoms with van der Waals surface area (Å²) in [5.41, 5.74) is 1.38. The maximum atomic E-state index is 12.5. The summed E-state index contributed by atoms with van der Waals surface area (Å²) in [5.74, 6) is 1.99. The number of carbonyl (C=O) groups excluding carboxylic acids is 2. The van der Waals surface area contributed by atoms with Gasteiger partial charge in [0.1, 0.15) is 0 Å². The van der Waals surface area contributed by atoms with E-state index in [1.165, 1.54) is 0 Å². The number of hydrogen-bond acceptors (Lipinski definition) is 4. The van der Waals surface area contributed by atoms with Crippen LogP contribution in [0.5, 0.6) is 0 Å². The minimum absolute atomic E-state index is 0.124. The molecule has 3 atom stereocenters. The van der Waals surface area contributed by atoms with Crippen LogP contribution in [-0.4, -0.2) is 41.3 Å². The van der Waals surface area contributed by atoms with Crippen LogP contribution in [0.25, 0.3) is 11.0 Å². The summed E-state index contributed by atoms with van der Waals surface area (Å²) < 4.78 is 5.54. The van der Waals surface area contributed by atoms with Gasteiger partial charge in [0.25, 0.3) is 11.8 Å². The van der Waals surface area contributed by atoms with E-state index >= 15 is 0 Å². The molecule has 1 aromatic carbocycles. The molecule has 2 aliphatic rings. The Balaban J connectivity index is 1.09. The molecule has 2 fully saturated rings. The summed E-state index contributed by atoms with van der Waals surface area (Å²) in [4.78, 5) is 30.7. The Hall–Kier alpha value is -3.15. The number of nitrogens with one attached hydrogen (secondary N) is 1. The number of piperidine rings is 1. The van der Waals surface area contributed by atoms with Gasteiger partial charge in [-0.3, -0.25) is 14.6 Å². The number of benzene rings is 1. The maximum Gasteiger partial charge on any atom is 0.287 e. The zero-order valence-corrected chi connectivity index (χ0v) is 15.4. The van der Waals surface area contributed by atoms with Crippen molar-refractivity contribution < 1.29 is 14.0 Å². The third kappa shape index (κ3) is 3.05. The van der Waals surface area contributed by atoms with Crippen LogP contribution in [0.1, 0.15) is 27.3 Å². The van der Waals surface area contributed by atoms with Crippen LogP contribution < -0.4 is 5.32 Å². The molecule has 1 N–H and O–H groups in total. The minimum Gasteiger partial charge on any atom is -0.449 e. The van der Waals surface area contributed by atoms with Crippen LogP contribution in [-0.2, 0) is 0 Å². The molecule has 1 saturated carbocycles. The fourth-order valence-corrected chi connectivity index (χ4v) is 4.44. The molecule has 5 rings (SSSR count). The number of fused-ring (bicyclic) bond motifs is 2. The molecule has 2 amide bonds. The number of likely N-dealkylation sites (tertiary alicyclic amines) is 1. The molecular weight excluding hydrogens is 354 g/mol. The first-order chi connectivity index (χ1) is 13.7. The molecule has 1 aliphatic carbocycles.